The van der Waals surface area contributed by atoms with E-state index in [0.717, 1.165) is 0 Å². The maximum absolute atomic E-state index is 13.5. The van der Waals surface area contributed by atoms with Gasteiger partial charge < -0.3 is 20.4 Å². The molecule has 0 bridgehead atoms. The van der Waals surface area contributed by atoms with Crippen molar-refractivity contribution < 1.29 is 19.3 Å². The highest BCUT2D eigenvalue weighted by Crippen LogP contribution is 2.21. The first-order valence-electron chi connectivity index (χ1n) is 12.2. The highest BCUT2D eigenvalue weighted by molar-refractivity contribution is 6.30. The van der Waals surface area contributed by atoms with Crippen molar-refractivity contribution in [3.63, 3.8) is 0 Å². The second-order valence-electron chi connectivity index (χ2n) is 9.36. The number of carbonyl (C=O) groups excluding carboxylic acids is 3. The van der Waals surface area contributed by atoms with Crippen LogP contribution in [0.15, 0.2) is 42.5 Å². The Labute approximate surface area is 221 Å². The van der Waals surface area contributed by atoms with Gasteiger partial charge in [0.15, 0.2) is 0 Å². The van der Waals surface area contributed by atoms with E-state index in [2.05, 4.69) is 10.6 Å². The minimum Gasteiger partial charge on any atom is -0.340 e. The number of nitrogens with one attached hydrogen (secondary N) is 2. The third kappa shape index (κ3) is 6.76. The lowest BCUT2D eigenvalue weighted by atomic mass is 9.96. The van der Waals surface area contributed by atoms with Gasteiger partial charge in [-0.3, -0.25) is 19.7 Å². The van der Waals surface area contributed by atoms with Gasteiger partial charge >= 0.3 is 6.03 Å². The number of hydrogen-bond acceptors (Lipinski definition) is 5. The average Bonchev–Trinajstić information content (AvgIpc) is 2.86. The molecule has 37 heavy (non-hydrogen) atoms. The molecule has 2 aromatic carbocycles. The Morgan fingerprint density at radius 3 is 2.54 bits per heavy atom. The number of nitro benzene ring substituents is 1. The van der Waals surface area contributed by atoms with Gasteiger partial charge in [-0.2, -0.15) is 0 Å². The van der Waals surface area contributed by atoms with Gasteiger partial charge in [-0.15, -0.1) is 0 Å². The molecule has 4 amide bonds. The molecule has 0 aliphatic carbocycles. The Balaban J connectivity index is 1.69. The first-order valence-corrected chi connectivity index (χ1v) is 12.6. The molecule has 0 spiro atoms. The van der Waals surface area contributed by atoms with Crippen molar-refractivity contribution in [2.24, 2.45) is 5.92 Å². The predicted molar refractivity (Wildman–Crippen MR) is 142 cm³/mol. The molecule has 3 unspecified atom stereocenters. The van der Waals surface area contributed by atoms with Crippen LogP contribution in [-0.4, -0.2) is 64.3 Å². The van der Waals surface area contributed by atoms with Crippen LogP contribution in [0.1, 0.15) is 43.1 Å². The highest BCUT2D eigenvalue weighted by atomic mass is 35.5. The van der Waals surface area contributed by atoms with Crippen LogP contribution >= 0.6 is 11.6 Å². The monoisotopic (exact) mass is 529 g/mol. The summed E-state index contributed by atoms with van der Waals surface area (Å²) < 4.78 is 0. The second kappa shape index (κ2) is 12.1. The summed E-state index contributed by atoms with van der Waals surface area (Å²) >= 11 is 6.00. The van der Waals surface area contributed by atoms with E-state index in [4.69, 9.17) is 11.6 Å². The van der Waals surface area contributed by atoms with E-state index in [-0.39, 0.29) is 35.1 Å². The van der Waals surface area contributed by atoms with Crippen LogP contribution in [0.5, 0.6) is 0 Å². The van der Waals surface area contributed by atoms with Crippen molar-refractivity contribution in [2.45, 2.75) is 46.2 Å². The van der Waals surface area contributed by atoms with Crippen LogP contribution in [0.2, 0.25) is 5.02 Å². The fourth-order valence-corrected chi connectivity index (χ4v) is 4.46. The van der Waals surface area contributed by atoms with Crippen LogP contribution in [0.3, 0.4) is 0 Å². The molecule has 3 atom stereocenters. The van der Waals surface area contributed by atoms with E-state index in [1.807, 2.05) is 20.8 Å². The number of halogens is 1. The van der Waals surface area contributed by atoms with Gasteiger partial charge in [0.05, 0.1) is 4.92 Å². The molecule has 198 valence electrons. The minimum absolute atomic E-state index is 0.120. The van der Waals surface area contributed by atoms with Crippen molar-refractivity contribution >= 4 is 40.8 Å². The molecule has 1 heterocycles. The molecule has 1 aliphatic rings. The third-order valence-electron chi connectivity index (χ3n) is 6.71. The van der Waals surface area contributed by atoms with Crippen LogP contribution in [0.4, 0.5) is 16.2 Å². The van der Waals surface area contributed by atoms with Gasteiger partial charge in [0.2, 0.25) is 5.91 Å². The van der Waals surface area contributed by atoms with Crippen LogP contribution in [0, 0.1) is 23.0 Å². The standard InChI is InChI=1S/C26H32ClN5O5/c1-5-16(2)23(29-24(33)19-10-9-17(3)22(13-19)32(36)37)25(34)30-11-12-31(18(4)15-30)26(35)28-21-8-6-7-20(27)14-21/h6-10,13-14,16,18,23H,5,11-12,15H2,1-4H3,(H,28,35)(H,29,33). The first kappa shape index (κ1) is 27.9. The molecule has 2 aromatic rings. The lowest BCUT2D eigenvalue weighted by Gasteiger charge is -2.41. The van der Waals surface area contributed by atoms with Crippen molar-refractivity contribution in [1.29, 1.82) is 0 Å². The van der Waals surface area contributed by atoms with Gasteiger partial charge in [0, 0.05) is 53.6 Å². The van der Waals surface area contributed by atoms with Gasteiger partial charge in [-0.25, -0.2) is 4.79 Å². The Morgan fingerprint density at radius 2 is 1.92 bits per heavy atom. The largest absolute Gasteiger partial charge is 0.340 e. The van der Waals surface area contributed by atoms with Crippen molar-refractivity contribution in [3.8, 4) is 0 Å². The third-order valence-corrected chi connectivity index (χ3v) is 6.94. The van der Waals surface area contributed by atoms with E-state index >= 15 is 0 Å². The minimum atomic E-state index is -0.808. The zero-order valence-electron chi connectivity index (χ0n) is 21.4. The van der Waals surface area contributed by atoms with Crippen LogP contribution in [0.25, 0.3) is 0 Å². The number of piperazine rings is 1. The number of rotatable bonds is 7. The number of urea groups is 1. The molecule has 11 heteroatoms. The van der Waals surface area contributed by atoms with Crippen LogP contribution < -0.4 is 10.6 Å². The number of nitrogens with zero attached hydrogens (tertiary/aromatic N) is 3. The summed E-state index contributed by atoms with van der Waals surface area (Å²) in [4.78, 5) is 53.4. The van der Waals surface area contributed by atoms with Gasteiger partial charge in [-0.1, -0.05) is 44.0 Å². The lowest BCUT2D eigenvalue weighted by Crippen LogP contribution is -2.60. The second-order valence-corrected chi connectivity index (χ2v) is 9.80. The zero-order chi connectivity index (χ0) is 27.3. The Hall–Kier alpha value is -3.66. The molecule has 0 aromatic heterocycles. The number of amides is 4. The molecule has 2 N–H and O–H groups in total. The quantitative estimate of drug-likeness (QED) is 0.404. The van der Waals surface area contributed by atoms with Gasteiger partial charge in [-0.05, 0) is 44.0 Å². The van der Waals surface area contributed by atoms with Gasteiger partial charge in [0.25, 0.3) is 11.6 Å². The SMILES string of the molecule is CCC(C)C(NC(=O)c1ccc(C)c([N+](=O)[O-])c1)C(=O)N1CCN(C(=O)Nc2cccc(Cl)c2)C(C)C1. The topological polar surface area (TPSA) is 125 Å². The summed E-state index contributed by atoms with van der Waals surface area (Å²) in [6.45, 7) is 8.20. The van der Waals surface area contributed by atoms with Crippen molar-refractivity contribution in [3.05, 3.63) is 68.7 Å². The van der Waals surface area contributed by atoms with E-state index in [9.17, 15) is 24.5 Å². The molecule has 0 saturated carbocycles. The summed E-state index contributed by atoms with van der Waals surface area (Å²) in [5.74, 6) is -0.961. The predicted octanol–water partition coefficient (Wildman–Crippen LogP) is 4.47. The summed E-state index contributed by atoms with van der Waals surface area (Å²) in [6.07, 6.45) is 0.641. The molecular formula is C26H32ClN5O5. The molecule has 0 radical (unpaired) electrons. The van der Waals surface area contributed by atoms with Crippen LogP contribution in [-0.2, 0) is 4.79 Å². The van der Waals surface area contributed by atoms with E-state index in [1.165, 1.54) is 18.2 Å². The fourth-order valence-electron chi connectivity index (χ4n) is 4.27. The normalized spacial score (nSPS) is 17.1. The molecule has 3 rings (SSSR count). The summed E-state index contributed by atoms with van der Waals surface area (Å²) in [6, 6.07) is 9.77. The fraction of sp³-hybridized carbons (Fsp3) is 0.423. The smallest absolute Gasteiger partial charge is 0.322 e. The molecule has 1 saturated heterocycles. The summed E-state index contributed by atoms with van der Waals surface area (Å²) in [5, 5.41) is 17.4. The van der Waals surface area contributed by atoms with Crippen molar-refractivity contribution in [1.82, 2.24) is 15.1 Å². The lowest BCUT2D eigenvalue weighted by molar-refractivity contribution is -0.385. The van der Waals surface area contributed by atoms with E-state index < -0.39 is 16.9 Å². The Kier molecular flexibility index (Phi) is 9.09. The number of aryl methyl sites for hydroxylation is 1. The number of benzene rings is 2. The number of nitro groups is 1. The molecule has 1 fully saturated rings. The first-order chi connectivity index (χ1) is 17.5. The number of hydrogen-bond donors (Lipinski definition) is 2. The number of carbonyl (C=O) groups is 3. The van der Waals surface area contributed by atoms with Crippen molar-refractivity contribution in [2.75, 3.05) is 25.0 Å². The van der Waals surface area contributed by atoms with E-state index in [1.54, 1.807) is 41.0 Å². The maximum atomic E-state index is 13.5. The number of anilines is 1. The molecule has 10 nitrogen and oxygen atoms in total. The summed E-state index contributed by atoms with van der Waals surface area (Å²) in [5.41, 5.74) is 0.996. The highest BCUT2D eigenvalue weighted by Gasteiger charge is 2.35. The van der Waals surface area contributed by atoms with E-state index in [0.29, 0.717) is 42.3 Å². The summed E-state index contributed by atoms with van der Waals surface area (Å²) in [7, 11) is 0. The zero-order valence-corrected chi connectivity index (χ0v) is 22.1. The molecule has 1 aliphatic heterocycles. The Bertz CT molecular complexity index is 1190. The average molecular weight is 530 g/mol. The molecular weight excluding hydrogens is 498 g/mol. The Morgan fingerprint density at radius 1 is 1.19 bits per heavy atom. The maximum Gasteiger partial charge on any atom is 0.322 e. The van der Waals surface area contributed by atoms with Gasteiger partial charge in [0.1, 0.15) is 6.04 Å².